The van der Waals surface area contributed by atoms with Crippen LogP contribution in [-0.4, -0.2) is 65.4 Å². The molecule has 1 aromatic heterocycles. The van der Waals surface area contributed by atoms with Crippen LogP contribution in [0.3, 0.4) is 0 Å². The molecule has 10 heteroatoms. The van der Waals surface area contributed by atoms with Crippen molar-refractivity contribution in [3.63, 3.8) is 0 Å². The van der Waals surface area contributed by atoms with Crippen LogP contribution in [0.1, 0.15) is 10.4 Å². The highest BCUT2D eigenvalue weighted by Crippen LogP contribution is 2.30. The van der Waals surface area contributed by atoms with Gasteiger partial charge in [0.1, 0.15) is 11.4 Å². The molecule has 0 aliphatic carbocycles. The van der Waals surface area contributed by atoms with E-state index in [0.29, 0.717) is 48.6 Å². The number of carbonyl (C=O) groups is 1. The maximum atomic E-state index is 12.9. The summed E-state index contributed by atoms with van der Waals surface area (Å²) < 4.78 is 0. The monoisotopic (exact) mass is 485 g/mol. The van der Waals surface area contributed by atoms with Crippen molar-refractivity contribution < 1.29 is 15.2 Å². The molecule has 5 rings (SSSR count). The van der Waals surface area contributed by atoms with Gasteiger partial charge in [0.25, 0.3) is 5.91 Å². The molecule has 2 heterocycles. The molecule has 10 nitrogen and oxygen atoms in total. The van der Waals surface area contributed by atoms with Crippen molar-refractivity contribution in [1.29, 1.82) is 0 Å². The van der Waals surface area contributed by atoms with E-state index in [1.807, 2.05) is 54.4 Å². The van der Waals surface area contributed by atoms with E-state index in [2.05, 4.69) is 15.7 Å². The number of hydrazone groups is 1. The molecule has 1 aliphatic heterocycles. The number of rotatable bonds is 7. The van der Waals surface area contributed by atoms with Crippen LogP contribution in [0.2, 0.25) is 0 Å². The highest BCUT2D eigenvalue weighted by atomic mass is 16.5. The maximum absolute atomic E-state index is 12.9. The van der Waals surface area contributed by atoms with E-state index < -0.39 is 0 Å². The molecular formula is C26H27N7O3. The second-order valence-electron chi connectivity index (χ2n) is 8.56. The van der Waals surface area contributed by atoms with E-state index in [-0.39, 0.29) is 11.9 Å². The number of nitrogens with zero attached hydrogens (tertiary/aromatic N) is 5. The van der Waals surface area contributed by atoms with E-state index in [0.717, 1.165) is 26.5 Å². The van der Waals surface area contributed by atoms with Crippen molar-refractivity contribution in [2.24, 2.45) is 5.10 Å². The van der Waals surface area contributed by atoms with Gasteiger partial charge >= 0.3 is 0 Å². The number of pyridine rings is 1. The number of aromatic nitrogens is 1. The fraction of sp³-hybridized carbons (Fsp3) is 0.192. The minimum Gasteiger partial charge on any atom is -0.351 e. The zero-order chi connectivity index (χ0) is 25.1. The fourth-order valence-corrected chi connectivity index (χ4v) is 4.13. The number of hydrogen-bond donors (Lipinski definition) is 4. The van der Waals surface area contributed by atoms with Gasteiger partial charge in [-0.05, 0) is 37.4 Å². The lowest BCUT2D eigenvalue weighted by Crippen LogP contribution is -2.46. The lowest BCUT2D eigenvalue weighted by Gasteiger charge is -2.29. The summed E-state index contributed by atoms with van der Waals surface area (Å²) in [5.74, 6) is -0.0435. The smallest absolute Gasteiger partial charge is 0.253 e. The van der Waals surface area contributed by atoms with Gasteiger partial charge in [0.15, 0.2) is 0 Å². The zero-order valence-electron chi connectivity index (χ0n) is 19.8. The number of fused-ring (bicyclic) bond motifs is 3. The summed E-state index contributed by atoms with van der Waals surface area (Å²) >= 11 is 0. The molecule has 0 saturated carbocycles. The van der Waals surface area contributed by atoms with Gasteiger partial charge in [-0.3, -0.25) is 15.2 Å². The summed E-state index contributed by atoms with van der Waals surface area (Å²) in [4.78, 5) is 19.7. The summed E-state index contributed by atoms with van der Waals surface area (Å²) in [6, 6.07) is 22.4. The van der Waals surface area contributed by atoms with Gasteiger partial charge in [-0.2, -0.15) is 5.06 Å². The Morgan fingerprint density at radius 3 is 2.50 bits per heavy atom. The Bertz CT molecular complexity index is 1440. The van der Waals surface area contributed by atoms with Gasteiger partial charge in [-0.1, -0.05) is 42.5 Å². The topological polar surface area (TPSA) is 117 Å². The Labute approximate surface area is 208 Å². The third-order valence-corrected chi connectivity index (χ3v) is 6.06. The number of hydrogen-bond acceptors (Lipinski definition) is 9. The summed E-state index contributed by atoms with van der Waals surface area (Å²) in [7, 11) is 1.94. The summed E-state index contributed by atoms with van der Waals surface area (Å²) in [6.07, 6.45) is 0. The first kappa shape index (κ1) is 23.5. The molecule has 3 aromatic carbocycles. The molecule has 1 aliphatic rings. The molecule has 0 spiro atoms. The van der Waals surface area contributed by atoms with Gasteiger partial charge in [0, 0.05) is 37.0 Å². The molecule has 4 aromatic rings. The second kappa shape index (κ2) is 10.2. The lowest BCUT2D eigenvalue weighted by molar-refractivity contribution is 0.0951. The number of carbonyl (C=O) groups excluding carboxylic acids is 1. The minimum absolute atomic E-state index is 0.119. The summed E-state index contributed by atoms with van der Waals surface area (Å²) in [5, 5.41) is 34.0. The van der Waals surface area contributed by atoms with Gasteiger partial charge in [0.05, 0.1) is 16.6 Å². The van der Waals surface area contributed by atoms with Gasteiger partial charge in [-0.15, -0.1) is 10.3 Å². The first-order chi connectivity index (χ1) is 17.5. The predicted octanol–water partition coefficient (Wildman–Crippen LogP) is 3.02. The Morgan fingerprint density at radius 1 is 0.917 bits per heavy atom. The number of guanidine groups is 1. The van der Waals surface area contributed by atoms with Crippen LogP contribution >= 0.6 is 0 Å². The maximum Gasteiger partial charge on any atom is 0.253 e. The number of benzene rings is 3. The largest absolute Gasteiger partial charge is 0.351 e. The number of nitrogens with one attached hydrogen (secondary N) is 2. The Kier molecular flexibility index (Phi) is 6.63. The molecular weight excluding hydrogens is 458 g/mol. The Morgan fingerprint density at radius 2 is 1.64 bits per heavy atom. The van der Waals surface area contributed by atoms with Crippen LogP contribution in [0, 0.1) is 0 Å². The van der Waals surface area contributed by atoms with Crippen LogP contribution in [0.5, 0.6) is 0 Å². The van der Waals surface area contributed by atoms with Crippen molar-refractivity contribution in [1.82, 2.24) is 20.5 Å². The average Bonchev–Trinajstić information content (AvgIpc) is 2.89. The van der Waals surface area contributed by atoms with E-state index in [4.69, 9.17) is 4.98 Å². The van der Waals surface area contributed by atoms with Gasteiger partial charge in [0.2, 0.25) is 5.96 Å². The van der Waals surface area contributed by atoms with Crippen molar-refractivity contribution in [3.05, 3.63) is 78.4 Å². The highest BCUT2D eigenvalue weighted by molar-refractivity contribution is 6.07. The Hall–Kier alpha value is -4.25. The van der Waals surface area contributed by atoms with Crippen molar-refractivity contribution in [2.75, 3.05) is 43.5 Å². The normalized spacial score (nSPS) is 13.2. The van der Waals surface area contributed by atoms with Crippen molar-refractivity contribution in [2.45, 2.75) is 0 Å². The molecule has 1 amide bonds. The number of para-hydroxylation sites is 4. The third-order valence-electron chi connectivity index (χ3n) is 6.06. The zero-order valence-corrected chi connectivity index (χ0v) is 19.8. The highest BCUT2D eigenvalue weighted by Gasteiger charge is 2.24. The molecule has 0 atom stereocenters. The molecule has 0 saturated heterocycles. The molecule has 0 bridgehead atoms. The predicted molar refractivity (Wildman–Crippen MR) is 139 cm³/mol. The molecule has 0 unspecified atom stereocenters. The lowest BCUT2D eigenvalue weighted by atomic mass is 10.1. The van der Waals surface area contributed by atoms with Crippen LogP contribution < -0.4 is 20.9 Å². The van der Waals surface area contributed by atoms with Gasteiger partial charge < -0.3 is 15.5 Å². The number of anilines is 2. The fourth-order valence-electron chi connectivity index (χ4n) is 4.13. The van der Waals surface area contributed by atoms with Crippen molar-refractivity contribution in [3.8, 4) is 0 Å². The van der Waals surface area contributed by atoms with E-state index in [1.54, 1.807) is 30.3 Å². The summed E-state index contributed by atoms with van der Waals surface area (Å²) in [5.41, 5.74) is 2.90. The van der Waals surface area contributed by atoms with Gasteiger partial charge in [-0.25, -0.2) is 4.98 Å². The molecule has 36 heavy (non-hydrogen) atoms. The van der Waals surface area contributed by atoms with E-state index >= 15 is 0 Å². The first-order valence-electron chi connectivity index (χ1n) is 11.7. The molecule has 4 N–H and O–H groups in total. The summed E-state index contributed by atoms with van der Waals surface area (Å²) in [6.45, 7) is 2.18. The molecule has 184 valence electrons. The standard InChI is InChI=1S/C26H27N7O3/c1-31(16-14-28-26-30-33(36)23-12-5-4-11-22(23)32(26)35)15-13-27-25(34)20-9-6-8-19-17-18-7-2-3-10-21(18)29-24(19)20/h2-12,17,35-36H,13-16H2,1H3,(H,27,34)(H,28,30). The second-order valence-corrected chi connectivity index (χ2v) is 8.56. The van der Waals surface area contributed by atoms with E-state index in [9.17, 15) is 15.2 Å². The van der Waals surface area contributed by atoms with Crippen LogP contribution in [0.4, 0.5) is 11.4 Å². The number of hydroxylamine groups is 1. The van der Waals surface area contributed by atoms with E-state index in [1.165, 1.54) is 0 Å². The minimum atomic E-state index is -0.163. The SMILES string of the molecule is CN(CCNC(=O)c1cccc2cc3ccccc3nc12)CCNC1=NN(O)c2ccccc2N1O. The first-order valence-corrected chi connectivity index (χ1v) is 11.7. The Balaban J connectivity index is 1.13. The molecule has 0 fully saturated rings. The third kappa shape index (κ3) is 4.78. The van der Waals surface area contributed by atoms with Crippen LogP contribution in [0.15, 0.2) is 77.9 Å². The average molecular weight is 486 g/mol. The number of amides is 1. The molecule has 0 radical (unpaired) electrons. The van der Waals surface area contributed by atoms with Crippen molar-refractivity contribution >= 4 is 45.0 Å². The quantitative estimate of drug-likeness (QED) is 0.295. The van der Waals surface area contributed by atoms with Crippen LogP contribution in [-0.2, 0) is 0 Å². The van der Waals surface area contributed by atoms with Crippen LogP contribution in [0.25, 0.3) is 21.8 Å². The number of likely N-dealkylation sites (N-methyl/N-ethyl adjacent to an activating group) is 1.